The molecule has 0 spiro atoms. The third kappa shape index (κ3) is 4.79. The number of aliphatic hydroxyl groups excluding tert-OH is 1. The van der Waals surface area contributed by atoms with E-state index in [1.807, 2.05) is 25.1 Å². The molecule has 1 rings (SSSR count). The zero-order valence-corrected chi connectivity index (χ0v) is 12.0. The van der Waals surface area contributed by atoms with E-state index < -0.39 is 6.10 Å². The molecule has 2 unspecified atom stereocenters. The van der Waals surface area contributed by atoms with E-state index in [1.54, 1.807) is 0 Å². The van der Waals surface area contributed by atoms with Gasteiger partial charge in [0.25, 0.3) is 0 Å². The van der Waals surface area contributed by atoms with E-state index in [0.29, 0.717) is 6.61 Å². The van der Waals surface area contributed by atoms with E-state index in [1.165, 1.54) is 5.56 Å². The van der Waals surface area contributed by atoms with Crippen LogP contribution in [0.15, 0.2) is 30.3 Å². The fraction of sp³-hybridized carbons (Fsp3) is 0.625. The second-order valence-corrected chi connectivity index (χ2v) is 5.83. The van der Waals surface area contributed by atoms with Gasteiger partial charge in [-0.05, 0) is 30.7 Å². The highest BCUT2D eigenvalue weighted by Gasteiger charge is 2.31. The van der Waals surface area contributed by atoms with Crippen LogP contribution in [-0.2, 0) is 11.2 Å². The Kier molecular flexibility index (Phi) is 5.83. The molecular formula is C16H26O2. The zero-order chi connectivity index (χ0) is 13.6. The van der Waals surface area contributed by atoms with Gasteiger partial charge >= 0.3 is 0 Å². The molecule has 18 heavy (non-hydrogen) atoms. The van der Waals surface area contributed by atoms with Crippen LogP contribution >= 0.6 is 0 Å². The van der Waals surface area contributed by atoms with E-state index in [-0.39, 0.29) is 11.5 Å². The van der Waals surface area contributed by atoms with Crippen LogP contribution in [0.1, 0.15) is 39.7 Å². The highest BCUT2D eigenvalue weighted by atomic mass is 16.5. The summed E-state index contributed by atoms with van der Waals surface area (Å²) >= 11 is 0. The first-order valence-electron chi connectivity index (χ1n) is 6.78. The quantitative estimate of drug-likeness (QED) is 0.838. The van der Waals surface area contributed by atoms with Gasteiger partial charge in [0.15, 0.2) is 0 Å². The molecule has 2 nitrogen and oxygen atoms in total. The SMILES string of the molecule is CCOC(C(O)CCc1ccccc1)C(C)(C)C. The summed E-state index contributed by atoms with van der Waals surface area (Å²) in [4.78, 5) is 0. The second-order valence-electron chi connectivity index (χ2n) is 5.83. The smallest absolute Gasteiger partial charge is 0.0881 e. The standard InChI is InChI=1S/C16H26O2/c1-5-18-15(16(2,3)4)14(17)12-11-13-9-7-6-8-10-13/h6-10,14-15,17H,5,11-12H2,1-4H3. The van der Waals surface area contributed by atoms with Crippen molar-refractivity contribution in [1.29, 1.82) is 0 Å². The maximum atomic E-state index is 10.3. The molecule has 0 aliphatic carbocycles. The Hall–Kier alpha value is -0.860. The Labute approximate surface area is 111 Å². The fourth-order valence-corrected chi connectivity index (χ4v) is 2.23. The molecule has 0 radical (unpaired) electrons. The summed E-state index contributed by atoms with van der Waals surface area (Å²) in [5, 5.41) is 10.3. The third-order valence-corrected chi connectivity index (χ3v) is 3.12. The molecule has 0 saturated carbocycles. The van der Waals surface area contributed by atoms with Crippen molar-refractivity contribution in [3.8, 4) is 0 Å². The van der Waals surface area contributed by atoms with Crippen molar-refractivity contribution in [3.63, 3.8) is 0 Å². The van der Waals surface area contributed by atoms with Gasteiger partial charge in [-0.25, -0.2) is 0 Å². The van der Waals surface area contributed by atoms with Gasteiger partial charge in [0.1, 0.15) is 0 Å². The highest BCUT2D eigenvalue weighted by molar-refractivity contribution is 5.14. The molecule has 0 amide bonds. The van der Waals surface area contributed by atoms with Crippen LogP contribution in [0.4, 0.5) is 0 Å². The number of hydrogen-bond donors (Lipinski definition) is 1. The number of benzene rings is 1. The lowest BCUT2D eigenvalue weighted by Crippen LogP contribution is -2.40. The van der Waals surface area contributed by atoms with Crippen LogP contribution in [0.5, 0.6) is 0 Å². The lowest BCUT2D eigenvalue weighted by atomic mass is 9.84. The number of ether oxygens (including phenoxy) is 1. The molecule has 0 bridgehead atoms. The predicted molar refractivity (Wildman–Crippen MR) is 75.6 cm³/mol. The third-order valence-electron chi connectivity index (χ3n) is 3.12. The molecule has 0 aromatic heterocycles. The molecule has 0 aliphatic heterocycles. The Morgan fingerprint density at radius 1 is 1.17 bits per heavy atom. The molecule has 0 heterocycles. The molecule has 2 atom stereocenters. The van der Waals surface area contributed by atoms with Gasteiger partial charge in [0.2, 0.25) is 0 Å². The molecule has 0 aliphatic rings. The number of aryl methyl sites for hydroxylation is 1. The summed E-state index contributed by atoms with van der Waals surface area (Å²) in [6.07, 6.45) is 1.12. The van der Waals surface area contributed by atoms with E-state index in [4.69, 9.17) is 4.74 Å². The Bertz CT molecular complexity index is 327. The van der Waals surface area contributed by atoms with Crippen LogP contribution < -0.4 is 0 Å². The van der Waals surface area contributed by atoms with Gasteiger partial charge in [-0.3, -0.25) is 0 Å². The summed E-state index contributed by atoms with van der Waals surface area (Å²) in [6.45, 7) is 8.95. The molecule has 1 N–H and O–H groups in total. The maximum Gasteiger partial charge on any atom is 0.0881 e. The average Bonchev–Trinajstić information content (AvgIpc) is 2.33. The van der Waals surface area contributed by atoms with Crippen LogP contribution in [0, 0.1) is 5.41 Å². The van der Waals surface area contributed by atoms with Crippen molar-refractivity contribution in [1.82, 2.24) is 0 Å². The van der Waals surface area contributed by atoms with E-state index in [0.717, 1.165) is 12.8 Å². The molecule has 1 aromatic rings. The molecule has 0 fully saturated rings. The minimum atomic E-state index is -0.412. The van der Waals surface area contributed by atoms with Crippen LogP contribution in [0.3, 0.4) is 0 Å². The molecule has 1 aromatic carbocycles. The first-order valence-corrected chi connectivity index (χ1v) is 6.78. The number of aliphatic hydroxyl groups is 1. The summed E-state index contributed by atoms with van der Waals surface area (Å²) in [7, 11) is 0. The normalized spacial score (nSPS) is 15.4. The molecule has 102 valence electrons. The summed E-state index contributed by atoms with van der Waals surface area (Å²) in [5.41, 5.74) is 1.23. The fourth-order valence-electron chi connectivity index (χ4n) is 2.23. The minimum absolute atomic E-state index is 0.0356. The minimum Gasteiger partial charge on any atom is -0.390 e. The zero-order valence-electron chi connectivity index (χ0n) is 12.0. The molecular weight excluding hydrogens is 224 g/mol. The van der Waals surface area contributed by atoms with Gasteiger partial charge in [-0.2, -0.15) is 0 Å². The summed E-state index contributed by atoms with van der Waals surface area (Å²) in [5.74, 6) is 0. The van der Waals surface area contributed by atoms with Crippen molar-refractivity contribution in [2.24, 2.45) is 5.41 Å². The largest absolute Gasteiger partial charge is 0.390 e. The van der Waals surface area contributed by atoms with Crippen molar-refractivity contribution in [3.05, 3.63) is 35.9 Å². The first kappa shape index (κ1) is 15.2. The topological polar surface area (TPSA) is 29.5 Å². The molecule has 2 heteroatoms. The lowest BCUT2D eigenvalue weighted by Gasteiger charge is -2.34. The molecule has 0 saturated heterocycles. The van der Waals surface area contributed by atoms with Crippen molar-refractivity contribution >= 4 is 0 Å². The van der Waals surface area contributed by atoms with Gasteiger partial charge in [-0.15, -0.1) is 0 Å². The van der Waals surface area contributed by atoms with Crippen LogP contribution in [0.25, 0.3) is 0 Å². The van der Waals surface area contributed by atoms with E-state index in [2.05, 4.69) is 32.9 Å². The van der Waals surface area contributed by atoms with Gasteiger partial charge < -0.3 is 9.84 Å². The Morgan fingerprint density at radius 3 is 2.28 bits per heavy atom. The van der Waals surface area contributed by atoms with Crippen molar-refractivity contribution < 1.29 is 9.84 Å². The van der Waals surface area contributed by atoms with E-state index in [9.17, 15) is 5.11 Å². The van der Waals surface area contributed by atoms with Gasteiger partial charge in [0.05, 0.1) is 12.2 Å². The lowest BCUT2D eigenvalue weighted by molar-refractivity contribution is -0.0900. The van der Waals surface area contributed by atoms with Crippen molar-refractivity contribution in [2.75, 3.05) is 6.61 Å². The monoisotopic (exact) mass is 250 g/mol. The van der Waals surface area contributed by atoms with Crippen LogP contribution in [-0.4, -0.2) is 23.9 Å². The number of hydrogen-bond acceptors (Lipinski definition) is 2. The van der Waals surface area contributed by atoms with Gasteiger partial charge in [0, 0.05) is 6.61 Å². The summed E-state index contributed by atoms with van der Waals surface area (Å²) in [6, 6.07) is 10.3. The predicted octanol–water partition coefficient (Wildman–Crippen LogP) is 3.43. The average molecular weight is 250 g/mol. The first-order chi connectivity index (χ1) is 8.45. The second kappa shape index (κ2) is 6.91. The van der Waals surface area contributed by atoms with Gasteiger partial charge in [-0.1, -0.05) is 51.1 Å². The summed E-state index contributed by atoms with van der Waals surface area (Å²) < 4.78 is 5.71. The maximum absolute atomic E-state index is 10.3. The Balaban J connectivity index is 2.54. The Morgan fingerprint density at radius 2 is 1.78 bits per heavy atom. The van der Waals surface area contributed by atoms with Crippen molar-refractivity contribution in [2.45, 2.75) is 52.7 Å². The van der Waals surface area contributed by atoms with Crippen LogP contribution in [0.2, 0.25) is 0 Å². The van der Waals surface area contributed by atoms with E-state index >= 15 is 0 Å². The highest BCUT2D eigenvalue weighted by Crippen LogP contribution is 2.27. The number of rotatable bonds is 6.